The molecule has 3 aromatic carbocycles. The van der Waals surface area contributed by atoms with Crippen molar-refractivity contribution >= 4 is 16.7 Å². The Kier molecular flexibility index (Phi) is 6.68. The second-order valence-electron chi connectivity index (χ2n) is 8.52. The zero-order valence-corrected chi connectivity index (χ0v) is 19.6. The molecule has 5 rings (SSSR count). The highest BCUT2D eigenvalue weighted by Crippen LogP contribution is 2.25. The summed E-state index contributed by atoms with van der Waals surface area (Å²) in [7, 11) is 1.61. The number of nitrogens with zero attached hydrogens (tertiary/aromatic N) is 2. The van der Waals surface area contributed by atoms with Gasteiger partial charge >= 0.3 is 0 Å². The van der Waals surface area contributed by atoms with Crippen molar-refractivity contribution in [1.82, 2.24) is 4.90 Å². The van der Waals surface area contributed by atoms with E-state index in [1.54, 1.807) is 19.2 Å². The van der Waals surface area contributed by atoms with Gasteiger partial charge in [0.05, 0.1) is 18.1 Å². The molecule has 1 aliphatic heterocycles. The number of halogens is 1. The zero-order chi connectivity index (χ0) is 24.2. The summed E-state index contributed by atoms with van der Waals surface area (Å²) in [5.74, 6) is 1.19. The van der Waals surface area contributed by atoms with E-state index < -0.39 is 0 Å². The lowest BCUT2D eigenvalue weighted by Gasteiger charge is -2.36. The highest BCUT2D eigenvalue weighted by molar-refractivity contribution is 5.82. The number of methoxy groups -OCH3 is 1. The van der Waals surface area contributed by atoms with Crippen molar-refractivity contribution < 1.29 is 18.3 Å². The van der Waals surface area contributed by atoms with Crippen LogP contribution in [0, 0.1) is 5.82 Å². The number of hydrogen-bond acceptors (Lipinski definition) is 6. The lowest BCUT2D eigenvalue weighted by Crippen LogP contribution is -2.47. The Labute approximate surface area is 203 Å². The van der Waals surface area contributed by atoms with Gasteiger partial charge in [0.25, 0.3) is 0 Å². The number of piperazine rings is 1. The summed E-state index contributed by atoms with van der Waals surface area (Å²) in [5, 5.41) is 0.516. The third-order valence-electron chi connectivity index (χ3n) is 6.39. The standard InChI is InChI=1S/C28H27FN2O4/c1-33-23-8-2-20(3-9-23)26-19-35-27-18-24(10-11-25(27)28(26)32)34-17-16-30-12-14-31(15-13-30)22-6-4-21(29)5-7-22/h2-11,18-19H,12-17H2,1H3. The zero-order valence-electron chi connectivity index (χ0n) is 19.6. The van der Waals surface area contributed by atoms with Crippen LogP contribution in [0.5, 0.6) is 11.5 Å². The Morgan fingerprint density at radius 1 is 0.914 bits per heavy atom. The van der Waals surface area contributed by atoms with Crippen LogP contribution in [0.25, 0.3) is 22.1 Å². The molecule has 7 heteroatoms. The number of fused-ring (bicyclic) bond motifs is 1. The predicted molar refractivity (Wildman–Crippen MR) is 135 cm³/mol. The smallest absolute Gasteiger partial charge is 0.200 e. The van der Waals surface area contributed by atoms with E-state index >= 15 is 0 Å². The molecule has 0 saturated carbocycles. The number of hydrogen-bond donors (Lipinski definition) is 0. The van der Waals surface area contributed by atoms with Gasteiger partial charge in [-0.25, -0.2) is 4.39 Å². The second-order valence-corrected chi connectivity index (χ2v) is 8.52. The third-order valence-corrected chi connectivity index (χ3v) is 6.39. The highest BCUT2D eigenvalue weighted by atomic mass is 19.1. The monoisotopic (exact) mass is 474 g/mol. The maximum absolute atomic E-state index is 13.1. The number of anilines is 1. The molecule has 0 unspecified atom stereocenters. The lowest BCUT2D eigenvalue weighted by molar-refractivity contribution is 0.200. The fourth-order valence-electron chi connectivity index (χ4n) is 4.34. The molecule has 35 heavy (non-hydrogen) atoms. The van der Waals surface area contributed by atoms with Crippen LogP contribution in [0.1, 0.15) is 0 Å². The number of ether oxygens (including phenoxy) is 2. The van der Waals surface area contributed by atoms with Crippen molar-refractivity contribution in [3.05, 3.63) is 89.0 Å². The fraction of sp³-hybridized carbons (Fsp3) is 0.250. The summed E-state index contributed by atoms with van der Waals surface area (Å²) in [6.07, 6.45) is 1.50. The van der Waals surface area contributed by atoms with Crippen molar-refractivity contribution in [3.8, 4) is 22.6 Å². The van der Waals surface area contributed by atoms with E-state index in [1.807, 2.05) is 42.5 Å². The summed E-state index contributed by atoms with van der Waals surface area (Å²) in [6, 6.07) is 19.3. The van der Waals surface area contributed by atoms with Crippen LogP contribution in [0.15, 0.2) is 82.2 Å². The van der Waals surface area contributed by atoms with Gasteiger partial charge in [0.1, 0.15) is 35.8 Å². The van der Waals surface area contributed by atoms with Gasteiger partial charge in [-0.2, -0.15) is 0 Å². The summed E-state index contributed by atoms with van der Waals surface area (Å²) >= 11 is 0. The summed E-state index contributed by atoms with van der Waals surface area (Å²) in [6.45, 7) is 4.96. The summed E-state index contributed by atoms with van der Waals surface area (Å²) < 4.78 is 30.1. The topological polar surface area (TPSA) is 55.2 Å². The molecule has 0 bridgehead atoms. The molecule has 4 aromatic rings. The lowest BCUT2D eigenvalue weighted by atomic mass is 10.1. The van der Waals surface area contributed by atoms with Gasteiger partial charge in [-0.3, -0.25) is 9.69 Å². The van der Waals surface area contributed by atoms with Gasteiger partial charge in [0.15, 0.2) is 5.43 Å². The van der Waals surface area contributed by atoms with Crippen LogP contribution < -0.4 is 19.8 Å². The Morgan fingerprint density at radius 3 is 2.34 bits per heavy atom. The quantitative estimate of drug-likeness (QED) is 0.383. The molecule has 1 fully saturated rings. The molecular formula is C28H27FN2O4. The van der Waals surface area contributed by atoms with E-state index in [2.05, 4.69) is 9.80 Å². The predicted octanol–water partition coefficient (Wildman–Crippen LogP) is 4.81. The Bertz CT molecular complexity index is 1340. The average molecular weight is 475 g/mol. The van der Waals surface area contributed by atoms with Gasteiger partial charge in [0.2, 0.25) is 0 Å². The minimum Gasteiger partial charge on any atom is -0.497 e. The van der Waals surface area contributed by atoms with E-state index in [1.165, 1.54) is 18.4 Å². The SMILES string of the molecule is COc1ccc(-c2coc3cc(OCCN4CCN(c5ccc(F)cc5)CC4)ccc3c2=O)cc1. The minimum absolute atomic E-state index is 0.0815. The molecule has 0 aliphatic carbocycles. The molecule has 6 nitrogen and oxygen atoms in total. The Morgan fingerprint density at radius 2 is 1.63 bits per heavy atom. The maximum atomic E-state index is 13.1. The first kappa shape index (κ1) is 22.9. The fourth-order valence-corrected chi connectivity index (χ4v) is 4.34. The first-order valence-corrected chi connectivity index (χ1v) is 11.7. The van der Waals surface area contributed by atoms with Crippen LogP contribution in [0.3, 0.4) is 0 Å². The second kappa shape index (κ2) is 10.2. The largest absolute Gasteiger partial charge is 0.497 e. The molecule has 0 atom stereocenters. The van der Waals surface area contributed by atoms with Crippen LogP contribution in [-0.2, 0) is 0 Å². The van der Waals surface area contributed by atoms with Crippen molar-refractivity contribution in [2.75, 3.05) is 51.3 Å². The first-order valence-electron chi connectivity index (χ1n) is 11.7. The molecule has 180 valence electrons. The Hall–Kier alpha value is -3.84. The first-order chi connectivity index (χ1) is 17.1. The van der Waals surface area contributed by atoms with E-state index in [0.717, 1.165) is 49.7 Å². The Balaban J connectivity index is 1.17. The van der Waals surface area contributed by atoms with Gasteiger partial charge < -0.3 is 18.8 Å². The highest BCUT2D eigenvalue weighted by Gasteiger charge is 2.17. The van der Waals surface area contributed by atoms with Gasteiger partial charge in [-0.05, 0) is 54.1 Å². The van der Waals surface area contributed by atoms with Crippen molar-refractivity contribution in [3.63, 3.8) is 0 Å². The average Bonchev–Trinajstić information content (AvgIpc) is 2.90. The van der Waals surface area contributed by atoms with Crippen LogP contribution >= 0.6 is 0 Å². The normalized spacial score (nSPS) is 14.3. The van der Waals surface area contributed by atoms with E-state index in [-0.39, 0.29) is 11.2 Å². The summed E-state index contributed by atoms with van der Waals surface area (Å²) in [4.78, 5) is 17.6. The third kappa shape index (κ3) is 5.15. The molecule has 1 aromatic heterocycles. The molecular weight excluding hydrogens is 447 g/mol. The van der Waals surface area contributed by atoms with Gasteiger partial charge in [-0.1, -0.05) is 12.1 Å². The van der Waals surface area contributed by atoms with Gasteiger partial charge in [-0.15, -0.1) is 0 Å². The van der Waals surface area contributed by atoms with E-state index in [4.69, 9.17) is 13.9 Å². The molecule has 0 radical (unpaired) electrons. The van der Waals surface area contributed by atoms with Crippen molar-refractivity contribution in [2.24, 2.45) is 0 Å². The minimum atomic E-state index is -0.213. The molecule has 0 amide bonds. The molecule has 2 heterocycles. The van der Waals surface area contributed by atoms with Gasteiger partial charge in [0, 0.05) is 44.5 Å². The van der Waals surface area contributed by atoms with Crippen molar-refractivity contribution in [1.29, 1.82) is 0 Å². The van der Waals surface area contributed by atoms with E-state index in [0.29, 0.717) is 28.9 Å². The summed E-state index contributed by atoms with van der Waals surface area (Å²) in [5.41, 5.74) is 2.75. The van der Waals surface area contributed by atoms with Crippen LogP contribution in [-0.4, -0.2) is 51.3 Å². The molecule has 1 saturated heterocycles. The number of rotatable bonds is 7. The molecule has 1 aliphatic rings. The van der Waals surface area contributed by atoms with Crippen LogP contribution in [0.2, 0.25) is 0 Å². The number of benzene rings is 3. The molecule has 0 spiro atoms. The maximum Gasteiger partial charge on any atom is 0.200 e. The van der Waals surface area contributed by atoms with Crippen LogP contribution in [0.4, 0.5) is 10.1 Å². The molecule has 0 N–H and O–H groups in total. The van der Waals surface area contributed by atoms with E-state index in [9.17, 15) is 9.18 Å². The van der Waals surface area contributed by atoms with Crippen molar-refractivity contribution in [2.45, 2.75) is 0 Å².